The second-order valence-electron chi connectivity index (χ2n) is 4.47. The molecule has 0 atom stereocenters. The molecule has 1 aromatic carbocycles. The maximum atomic E-state index is 11.4. The number of hydrogen-bond donors (Lipinski definition) is 3. The van der Waals surface area contributed by atoms with Gasteiger partial charge in [-0.25, -0.2) is 4.99 Å². The molecule has 0 bridgehead atoms. The minimum Gasteiger partial charge on any atom is -0.370 e. The van der Waals surface area contributed by atoms with Gasteiger partial charge >= 0.3 is 0 Å². The zero-order valence-electron chi connectivity index (χ0n) is 13.0. The number of carbonyl (C=O) groups is 1. The molecular weight excluding hydrogens is 391 g/mol. The molecule has 0 aliphatic heterocycles. The van der Waals surface area contributed by atoms with Crippen LogP contribution < -0.4 is 16.4 Å². The van der Waals surface area contributed by atoms with E-state index in [-0.39, 0.29) is 48.9 Å². The van der Waals surface area contributed by atoms with Gasteiger partial charge in [0.05, 0.1) is 6.54 Å². The molecule has 6 heteroatoms. The normalized spacial score (nSPS) is 10.3. The lowest BCUT2D eigenvalue weighted by atomic mass is 10.0. The highest BCUT2D eigenvalue weighted by Gasteiger charge is 2.07. The third-order valence-electron chi connectivity index (χ3n) is 3.03. The van der Waals surface area contributed by atoms with Gasteiger partial charge in [0, 0.05) is 5.69 Å². The van der Waals surface area contributed by atoms with Crippen LogP contribution in [0, 0.1) is 12.3 Å². The van der Waals surface area contributed by atoms with Gasteiger partial charge in [-0.3, -0.25) is 4.79 Å². The number of nitrogens with zero attached hydrogens (tertiary/aromatic N) is 1. The van der Waals surface area contributed by atoms with E-state index in [1.807, 2.05) is 18.2 Å². The van der Waals surface area contributed by atoms with E-state index in [2.05, 4.69) is 35.4 Å². The first kappa shape index (κ1) is 20.2. The van der Waals surface area contributed by atoms with Crippen LogP contribution >= 0.6 is 24.0 Å². The van der Waals surface area contributed by atoms with Gasteiger partial charge in [-0.05, 0) is 24.0 Å². The Kier molecular flexibility index (Phi) is 10.0. The van der Waals surface area contributed by atoms with E-state index in [0.717, 1.165) is 18.5 Å². The lowest BCUT2D eigenvalue weighted by Gasteiger charge is -2.14. The van der Waals surface area contributed by atoms with Gasteiger partial charge in [-0.15, -0.1) is 30.4 Å². The number of benzene rings is 1. The summed E-state index contributed by atoms with van der Waals surface area (Å²) in [6.45, 7) is 4.32. The van der Waals surface area contributed by atoms with Crippen molar-refractivity contribution >= 4 is 41.5 Å². The van der Waals surface area contributed by atoms with E-state index in [9.17, 15) is 4.79 Å². The summed E-state index contributed by atoms with van der Waals surface area (Å²) in [6.07, 6.45) is 6.85. The Hall–Kier alpha value is -1.75. The molecule has 22 heavy (non-hydrogen) atoms. The minimum atomic E-state index is -0.253. The van der Waals surface area contributed by atoms with E-state index in [4.69, 9.17) is 12.2 Å². The van der Waals surface area contributed by atoms with Gasteiger partial charge in [0.1, 0.15) is 6.54 Å². The summed E-state index contributed by atoms with van der Waals surface area (Å²) < 4.78 is 0. The number of rotatable bonds is 6. The molecule has 1 amide bonds. The van der Waals surface area contributed by atoms with Crippen LogP contribution in [-0.2, 0) is 17.6 Å². The van der Waals surface area contributed by atoms with Crippen LogP contribution in [0.5, 0.6) is 0 Å². The number of halogens is 1. The smallest absolute Gasteiger partial charge is 0.242 e. The molecule has 1 aromatic rings. The molecule has 0 saturated heterocycles. The first-order valence-electron chi connectivity index (χ1n) is 7.00. The summed E-state index contributed by atoms with van der Waals surface area (Å²) in [5, 5.41) is 5.63. The average Bonchev–Trinajstić information content (AvgIpc) is 2.51. The van der Waals surface area contributed by atoms with Gasteiger partial charge in [0.25, 0.3) is 0 Å². The van der Waals surface area contributed by atoms with Crippen molar-refractivity contribution in [1.82, 2.24) is 5.32 Å². The van der Waals surface area contributed by atoms with E-state index < -0.39 is 0 Å². The van der Waals surface area contributed by atoms with Gasteiger partial charge in [0.2, 0.25) is 5.91 Å². The zero-order chi connectivity index (χ0) is 15.7. The summed E-state index contributed by atoms with van der Waals surface area (Å²) >= 11 is 0. The van der Waals surface area contributed by atoms with Crippen LogP contribution in [0.15, 0.2) is 23.2 Å². The van der Waals surface area contributed by atoms with Gasteiger partial charge < -0.3 is 16.4 Å². The maximum Gasteiger partial charge on any atom is 0.242 e. The van der Waals surface area contributed by atoms with Crippen molar-refractivity contribution in [2.24, 2.45) is 10.7 Å². The molecule has 0 aliphatic carbocycles. The summed E-state index contributed by atoms with van der Waals surface area (Å²) in [5.74, 6) is 2.30. The largest absolute Gasteiger partial charge is 0.370 e. The van der Waals surface area contributed by atoms with Crippen molar-refractivity contribution in [3.8, 4) is 12.3 Å². The summed E-state index contributed by atoms with van der Waals surface area (Å²) in [4.78, 5) is 15.4. The first-order valence-corrected chi connectivity index (χ1v) is 7.00. The Labute approximate surface area is 149 Å². The predicted molar refractivity (Wildman–Crippen MR) is 103 cm³/mol. The molecular formula is C16H23IN4O. The van der Waals surface area contributed by atoms with Crippen LogP contribution in [0.4, 0.5) is 5.69 Å². The molecule has 0 unspecified atom stereocenters. The van der Waals surface area contributed by atoms with E-state index >= 15 is 0 Å². The molecule has 0 fully saturated rings. The predicted octanol–water partition coefficient (Wildman–Crippen LogP) is 1.91. The van der Waals surface area contributed by atoms with Crippen molar-refractivity contribution in [2.75, 3.05) is 18.4 Å². The van der Waals surface area contributed by atoms with E-state index in [1.54, 1.807) is 0 Å². The van der Waals surface area contributed by atoms with Gasteiger partial charge in [-0.1, -0.05) is 38.0 Å². The van der Waals surface area contributed by atoms with Crippen LogP contribution in [0.2, 0.25) is 0 Å². The lowest BCUT2D eigenvalue weighted by Crippen LogP contribution is -2.29. The fourth-order valence-electron chi connectivity index (χ4n) is 1.93. The Morgan fingerprint density at radius 2 is 1.91 bits per heavy atom. The number of hydrogen-bond acceptors (Lipinski definition) is 2. The van der Waals surface area contributed by atoms with Crippen LogP contribution in [0.3, 0.4) is 0 Å². The molecule has 120 valence electrons. The number of anilines is 1. The highest BCUT2D eigenvalue weighted by atomic mass is 127. The monoisotopic (exact) mass is 414 g/mol. The van der Waals surface area contributed by atoms with Crippen molar-refractivity contribution in [3.63, 3.8) is 0 Å². The topological polar surface area (TPSA) is 79.5 Å². The zero-order valence-corrected chi connectivity index (χ0v) is 15.3. The number of aryl methyl sites for hydroxylation is 2. The average molecular weight is 414 g/mol. The molecule has 0 saturated carbocycles. The molecule has 0 heterocycles. The lowest BCUT2D eigenvalue weighted by molar-refractivity contribution is -0.119. The molecule has 0 spiro atoms. The van der Waals surface area contributed by atoms with E-state index in [1.165, 1.54) is 11.1 Å². The third kappa shape index (κ3) is 6.35. The first-order chi connectivity index (χ1) is 10.1. The Bertz CT molecular complexity index is 542. The fraction of sp³-hybridized carbons (Fsp3) is 0.375. The molecule has 1 rings (SSSR count). The molecule has 0 aliphatic rings. The van der Waals surface area contributed by atoms with Crippen LogP contribution in [0.1, 0.15) is 25.0 Å². The quantitative estimate of drug-likeness (QED) is 0.288. The summed E-state index contributed by atoms with van der Waals surface area (Å²) in [7, 11) is 0. The van der Waals surface area contributed by atoms with Gasteiger partial charge in [0.15, 0.2) is 5.96 Å². The number of nitrogens with one attached hydrogen (secondary N) is 2. The Morgan fingerprint density at radius 3 is 2.41 bits per heavy atom. The summed E-state index contributed by atoms with van der Waals surface area (Å²) in [5.41, 5.74) is 9.17. The Morgan fingerprint density at radius 1 is 1.32 bits per heavy atom. The Balaban J connectivity index is 0.00000441. The number of aliphatic imine (C=N–C) groups is 1. The number of carbonyl (C=O) groups excluding carboxylic acids is 1. The molecule has 0 aromatic heterocycles. The highest BCUT2D eigenvalue weighted by molar-refractivity contribution is 14.0. The molecule has 4 N–H and O–H groups in total. The second-order valence-corrected chi connectivity index (χ2v) is 4.47. The van der Waals surface area contributed by atoms with Crippen LogP contribution in [0.25, 0.3) is 0 Å². The van der Waals surface area contributed by atoms with Gasteiger partial charge in [-0.2, -0.15) is 0 Å². The maximum absolute atomic E-state index is 11.4. The van der Waals surface area contributed by atoms with Crippen molar-refractivity contribution in [3.05, 3.63) is 29.3 Å². The number of guanidine groups is 1. The standard InChI is InChI=1S/C16H22N4O.HI/c1-4-10-18-14(21)11-19-16(17)20-15-12(5-2)8-7-9-13(15)6-3;/h1,7-9H,5-6,10-11H2,2-3H3,(H,18,21)(H3,17,19,20);1H. The number of para-hydroxylation sites is 1. The SMILES string of the molecule is C#CCNC(=O)CN=C(N)Nc1c(CC)cccc1CC.I. The summed E-state index contributed by atoms with van der Waals surface area (Å²) in [6, 6.07) is 6.13. The van der Waals surface area contributed by atoms with Crippen LogP contribution in [-0.4, -0.2) is 25.0 Å². The molecule has 0 radical (unpaired) electrons. The highest BCUT2D eigenvalue weighted by Crippen LogP contribution is 2.22. The minimum absolute atomic E-state index is 0. The number of nitrogens with two attached hydrogens (primary N) is 1. The van der Waals surface area contributed by atoms with E-state index in [0.29, 0.717) is 0 Å². The number of amides is 1. The van der Waals surface area contributed by atoms with Crippen molar-refractivity contribution < 1.29 is 4.79 Å². The third-order valence-corrected chi connectivity index (χ3v) is 3.03. The number of terminal acetylenes is 1. The van der Waals surface area contributed by atoms with Crippen molar-refractivity contribution in [1.29, 1.82) is 0 Å². The second kappa shape index (κ2) is 10.9. The van der Waals surface area contributed by atoms with Crippen molar-refractivity contribution in [2.45, 2.75) is 26.7 Å². The fourth-order valence-corrected chi connectivity index (χ4v) is 1.93. The molecule has 5 nitrogen and oxygen atoms in total.